The number of rotatable bonds is 4. The number of aromatic nitrogens is 1. The molecule has 0 bridgehead atoms. The molecule has 3 rings (SSSR count). The standard InChI is InChI=1S/C16H20N2OS/c1-11-5-6-14-15(7-11)20-16(18-14)9-17-13-4-2-3-12(8-13)10-19/h2-4,8,11,17,19H,5-7,9-10H2,1H3. The van der Waals surface area contributed by atoms with E-state index in [-0.39, 0.29) is 6.61 Å². The number of hydrogen-bond donors (Lipinski definition) is 2. The van der Waals surface area contributed by atoms with Crippen LogP contribution in [0.25, 0.3) is 0 Å². The molecule has 2 aromatic rings. The molecule has 0 saturated heterocycles. The van der Waals surface area contributed by atoms with Crippen LogP contribution in [-0.4, -0.2) is 10.1 Å². The summed E-state index contributed by atoms with van der Waals surface area (Å²) >= 11 is 1.85. The molecule has 0 saturated carbocycles. The number of thiazole rings is 1. The maximum Gasteiger partial charge on any atom is 0.112 e. The van der Waals surface area contributed by atoms with Crippen molar-refractivity contribution in [3.63, 3.8) is 0 Å². The Balaban J connectivity index is 1.66. The third-order valence-corrected chi connectivity index (χ3v) is 4.90. The molecule has 0 radical (unpaired) electrons. The molecule has 1 aromatic heterocycles. The molecule has 1 aliphatic carbocycles. The molecule has 0 aliphatic heterocycles. The number of aliphatic hydroxyl groups is 1. The Labute approximate surface area is 123 Å². The highest BCUT2D eigenvalue weighted by molar-refractivity contribution is 7.11. The molecule has 0 spiro atoms. The summed E-state index contributed by atoms with van der Waals surface area (Å²) in [5.41, 5.74) is 3.29. The Morgan fingerprint density at radius 1 is 1.45 bits per heavy atom. The lowest BCUT2D eigenvalue weighted by Crippen LogP contribution is -2.09. The van der Waals surface area contributed by atoms with Gasteiger partial charge in [-0.25, -0.2) is 4.98 Å². The third kappa shape index (κ3) is 3.02. The summed E-state index contributed by atoms with van der Waals surface area (Å²) < 4.78 is 0. The van der Waals surface area contributed by atoms with Gasteiger partial charge in [0.15, 0.2) is 0 Å². The second kappa shape index (κ2) is 5.94. The van der Waals surface area contributed by atoms with Gasteiger partial charge < -0.3 is 10.4 Å². The highest BCUT2D eigenvalue weighted by atomic mass is 32.1. The van der Waals surface area contributed by atoms with E-state index in [0.29, 0.717) is 0 Å². The van der Waals surface area contributed by atoms with Crippen molar-refractivity contribution in [2.24, 2.45) is 5.92 Å². The van der Waals surface area contributed by atoms with Crippen LogP contribution in [-0.2, 0) is 26.0 Å². The molecule has 3 nitrogen and oxygen atoms in total. The lowest BCUT2D eigenvalue weighted by molar-refractivity contribution is 0.282. The quantitative estimate of drug-likeness (QED) is 0.906. The molecule has 1 unspecified atom stereocenters. The first kappa shape index (κ1) is 13.6. The van der Waals surface area contributed by atoms with Crippen molar-refractivity contribution in [2.75, 3.05) is 5.32 Å². The monoisotopic (exact) mass is 288 g/mol. The van der Waals surface area contributed by atoms with E-state index in [2.05, 4.69) is 12.2 Å². The van der Waals surface area contributed by atoms with Gasteiger partial charge in [-0.1, -0.05) is 19.1 Å². The summed E-state index contributed by atoms with van der Waals surface area (Å²) in [5.74, 6) is 0.796. The zero-order valence-electron chi connectivity index (χ0n) is 11.7. The Kier molecular flexibility index (Phi) is 4.03. The summed E-state index contributed by atoms with van der Waals surface area (Å²) in [7, 11) is 0. The average Bonchev–Trinajstić information content (AvgIpc) is 2.87. The zero-order chi connectivity index (χ0) is 13.9. The second-order valence-corrected chi connectivity index (χ2v) is 6.71. The van der Waals surface area contributed by atoms with Crippen LogP contribution in [0, 0.1) is 5.92 Å². The van der Waals surface area contributed by atoms with Crippen LogP contribution < -0.4 is 5.32 Å². The SMILES string of the molecule is CC1CCc2nc(CNc3cccc(CO)c3)sc2C1. The van der Waals surface area contributed by atoms with Gasteiger partial charge in [0.05, 0.1) is 18.8 Å². The van der Waals surface area contributed by atoms with E-state index in [1.165, 1.54) is 28.4 Å². The molecule has 106 valence electrons. The summed E-state index contributed by atoms with van der Waals surface area (Å²) in [6.45, 7) is 3.17. The average molecular weight is 288 g/mol. The second-order valence-electron chi connectivity index (χ2n) is 5.54. The first-order valence-electron chi connectivity index (χ1n) is 7.15. The van der Waals surface area contributed by atoms with Crippen molar-refractivity contribution in [3.8, 4) is 0 Å². The van der Waals surface area contributed by atoms with Gasteiger partial charge in [-0.05, 0) is 42.9 Å². The lowest BCUT2D eigenvalue weighted by atomic mass is 9.93. The van der Waals surface area contributed by atoms with Crippen molar-refractivity contribution in [1.82, 2.24) is 4.98 Å². The summed E-state index contributed by atoms with van der Waals surface area (Å²) in [6, 6.07) is 7.89. The number of nitrogens with one attached hydrogen (secondary N) is 1. The summed E-state index contributed by atoms with van der Waals surface area (Å²) in [5, 5.41) is 13.7. The van der Waals surface area contributed by atoms with Crippen LogP contribution in [0.3, 0.4) is 0 Å². The predicted molar refractivity (Wildman–Crippen MR) is 83.0 cm³/mol. The maximum atomic E-state index is 9.14. The van der Waals surface area contributed by atoms with Crippen molar-refractivity contribution in [2.45, 2.75) is 39.3 Å². The molecular formula is C16H20N2OS. The van der Waals surface area contributed by atoms with Crippen LogP contribution in [0.2, 0.25) is 0 Å². The van der Waals surface area contributed by atoms with E-state index >= 15 is 0 Å². The van der Waals surface area contributed by atoms with E-state index in [1.54, 1.807) is 0 Å². The smallest absolute Gasteiger partial charge is 0.112 e. The molecule has 1 aliphatic rings. The highest BCUT2D eigenvalue weighted by Gasteiger charge is 2.19. The van der Waals surface area contributed by atoms with Crippen LogP contribution in [0.4, 0.5) is 5.69 Å². The fourth-order valence-electron chi connectivity index (χ4n) is 2.63. The highest BCUT2D eigenvalue weighted by Crippen LogP contribution is 2.30. The molecule has 0 amide bonds. The van der Waals surface area contributed by atoms with Crippen molar-refractivity contribution >= 4 is 17.0 Å². The molecular weight excluding hydrogens is 268 g/mol. The van der Waals surface area contributed by atoms with Gasteiger partial charge in [-0.2, -0.15) is 0 Å². The Bertz CT molecular complexity index is 594. The Hall–Kier alpha value is -1.39. The molecule has 2 N–H and O–H groups in total. The summed E-state index contributed by atoms with van der Waals surface area (Å²) in [4.78, 5) is 6.23. The van der Waals surface area contributed by atoms with E-state index in [0.717, 1.165) is 30.1 Å². The Morgan fingerprint density at radius 2 is 2.35 bits per heavy atom. The molecule has 1 atom stereocenters. The number of benzene rings is 1. The van der Waals surface area contributed by atoms with E-state index in [9.17, 15) is 0 Å². The molecule has 1 aromatic carbocycles. The van der Waals surface area contributed by atoms with Crippen LogP contribution in [0.1, 0.15) is 34.5 Å². The minimum atomic E-state index is 0.0823. The molecule has 0 fully saturated rings. The van der Waals surface area contributed by atoms with E-state index < -0.39 is 0 Å². The van der Waals surface area contributed by atoms with Gasteiger partial charge in [0.2, 0.25) is 0 Å². The number of hydrogen-bond acceptors (Lipinski definition) is 4. The van der Waals surface area contributed by atoms with E-state index in [4.69, 9.17) is 10.1 Å². The summed E-state index contributed by atoms with van der Waals surface area (Å²) in [6.07, 6.45) is 3.59. The molecule has 20 heavy (non-hydrogen) atoms. The number of fused-ring (bicyclic) bond motifs is 1. The number of aryl methyl sites for hydroxylation is 1. The first-order chi connectivity index (χ1) is 9.74. The van der Waals surface area contributed by atoms with Gasteiger partial charge in [0.1, 0.15) is 5.01 Å². The largest absolute Gasteiger partial charge is 0.392 e. The Morgan fingerprint density at radius 3 is 3.20 bits per heavy atom. The molecule has 4 heteroatoms. The van der Waals surface area contributed by atoms with E-state index in [1.807, 2.05) is 35.6 Å². The van der Waals surface area contributed by atoms with Gasteiger partial charge in [-0.3, -0.25) is 0 Å². The third-order valence-electron chi connectivity index (χ3n) is 3.78. The number of nitrogens with zero attached hydrogens (tertiary/aromatic N) is 1. The minimum Gasteiger partial charge on any atom is -0.392 e. The number of aliphatic hydroxyl groups excluding tert-OH is 1. The normalized spacial score (nSPS) is 17.8. The fraction of sp³-hybridized carbons (Fsp3) is 0.438. The van der Waals surface area contributed by atoms with Crippen molar-refractivity contribution in [1.29, 1.82) is 0 Å². The zero-order valence-corrected chi connectivity index (χ0v) is 12.5. The van der Waals surface area contributed by atoms with Gasteiger partial charge in [0.25, 0.3) is 0 Å². The topological polar surface area (TPSA) is 45.2 Å². The van der Waals surface area contributed by atoms with Crippen LogP contribution >= 0.6 is 11.3 Å². The van der Waals surface area contributed by atoms with Gasteiger partial charge in [0, 0.05) is 10.6 Å². The van der Waals surface area contributed by atoms with Crippen molar-refractivity contribution < 1.29 is 5.11 Å². The fourth-order valence-corrected chi connectivity index (χ4v) is 3.84. The van der Waals surface area contributed by atoms with Crippen molar-refractivity contribution in [3.05, 3.63) is 45.4 Å². The van der Waals surface area contributed by atoms with Gasteiger partial charge >= 0.3 is 0 Å². The molecule has 1 heterocycles. The van der Waals surface area contributed by atoms with Crippen LogP contribution in [0.15, 0.2) is 24.3 Å². The minimum absolute atomic E-state index is 0.0823. The van der Waals surface area contributed by atoms with Gasteiger partial charge in [-0.15, -0.1) is 11.3 Å². The number of anilines is 1. The predicted octanol–water partition coefficient (Wildman–Crippen LogP) is 3.37. The maximum absolute atomic E-state index is 9.14. The first-order valence-corrected chi connectivity index (χ1v) is 7.97. The lowest BCUT2D eigenvalue weighted by Gasteiger charge is -2.15. The van der Waals surface area contributed by atoms with Crippen LogP contribution in [0.5, 0.6) is 0 Å².